The van der Waals surface area contributed by atoms with Crippen LogP contribution < -0.4 is 0 Å². The summed E-state index contributed by atoms with van der Waals surface area (Å²) in [5.74, 6) is 1.50. The van der Waals surface area contributed by atoms with E-state index in [4.69, 9.17) is 0 Å². The van der Waals surface area contributed by atoms with Crippen LogP contribution in [0.4, 0.5) is 0 Å². The number of rotatable bonds is 1. The summed E-state index contributed by atoms with van der Waals surface area (Å²) in [4.78, 5) is 6.45. The lowest BCUT2D eigenvalue weighted by molar-refractivity contribution is 0.616. The van der Waals surface area contributed by atoms with E-state index in [1.165, 1.54) is 0 Å². The third-order valence-corrected chi connectivity index (χ3v) is 2.11. The Balaban J connectivity index is 2.95. The van der Waals surface area contributed by atoms with Gasteiger partial charge in [-0.2, -0.15) is 0 Å². The van der Waals surface area contributed by atoms with Gasteiger partial charge in [-0.15, -0.1) is 0 Å². The molecule has 0 radical (unpaired) electrons. The molecular formula is C10H16N2. The molecule has 1 heterocycles. The van der Waals surface area contributed by atoms with Crippen molar-refractivity contribution in [3.63, 3.8) is 0 Å². The molecule has 66 valence electrons. The quantitative estimate of drug-likeness (QED) is 0.581. The molecule has 12 heavy (non-hydrogen) atoms. The molecule has 0 bridgehead atoms. The highest BCUT2D eigenvalue weighted by Crippen LogP contribution is 2.20. The lowest BCUT2D eigenvalue weighted by Crippen LogP contribution is -2.25. The van der Waals surface area contributed by atoms with Crippen LogP contribution in [0.1, 0.15) is 20.8 Å². The SMILES string of the molecule is C=C1C=C(C(C)C)N=C(C)N1C. The van der Waals surface area contributed by atoms with Gasteiger partial charge in [-0.05, 0) is 18.9 Å². The maximum atomic E-state index is 4.46. The first kappa shape index (κ1) is 9.04. The zero-order valence-electron chi connectivity index (χ0n) is 8.26. The molecule has 0 saturated heterocycles. The van der Waals surface area contributed by atoms with Gasteiger partial charge in [0.05, 0.1) is 0 Å². The highest BCUT2D eigenvalue weighted by atomic mass is 15.2. The Morgan fingerprint density at radius 2 is 2.08 bits per heavy atom. The summed E-state index contributed by atoms with van der Waals surface area (Å²) in [6.07, 6.45) is 2.04. The third-order valence-electron chi connectivity index (χ3n) is 2.11. The van der Waals surface area contributed by atoms with Gasteiger partial charge in [0.1, 0.15) is 5.84 Å². The number of hydrogen-bond donors (Lipinski definition) is 0. The fraction of sp³-hybridized carbons (Fsp3) is 0.500. The Morgan fingerprint density at radius 3 is 2.50 bits per heavy atom. The fourth-order valence-corrected chi connectivity index (χ4v) is 1.07. The molecule has 2 nitrogen and oxygen atoms in total. The molecule has 1 aliphatic heterocycles. The van der Waals surface area contributed by atoms with Crippen LogP contribution in [0.25, 0.3) is 0 Å². The summed E-state index contributed by atoms with van der Waals surface area (Å²) in [6.45, 7) is 10.2. The molecule has 0 spiro atoms. The van der Waals surface area contributed by atoms with E-state index in [1.807, 2.05) is 24.9 Å². The highest BCUT2D eigenvalue weighted by Gasteiger charge is 2.12. The van der Waals surface area contributed by atoms with Crippen molar-refractivity contribution in [2.24, 2.45) is 10.9 Å². The molecule has 0 saturated carbocycles. The van der Waals surface area contributed by atoms with Crippen LogP contribution in [0.3, 0.4) is 0 Å². The minimum absolute atomic E-state index is 0.477. The maximum Gasteiger partial charge on any atom is 0.105 e. The van der Waals surface area contributed by atoms with Crippen LogP contribution in [0.2, 0.25) is 0 Å². The van der Waals surface area contributed by atoms with E-state index >= 15 is 0 Å². The topological polar surface area (TPSA) is 15.6 Å². The van der Waals surface area contributed by atoms with Gasteiger partial charge in [-0.1, -0.05) is 20.4 Å². The molecule has 1 rings (SSSR count). The van der Waals surface area contributed by atoms with Gasteiger partial charge in [0.2, 0.25) is 0 Å². The average Bonchev–Trinajstić information content (AvgIpc) is 1.99. The van der Waals surface area contributed by atoms with Gasteiger partial charge in [-0.25, -0.2) is 4.99 Å². The number of nitrogens with zero attached hydrogens (tertiary/aromatic N) is 2. The van der Waals surface area contributed by atoms with Crippen LogP contribution >= 0.6 is 0 Å². The van der Waals surface area contributed by atoms with Crippen molar-refractivity contribution in [3.8, 4) is 0 Å². The van der Waals surface area contributed by atoms with Crippen LogP contribution in [-0.2, 0) is 0 Å². The minimum Gasteiger partial charge on any atom is -0.334 e. The van der Waals surface area contributed by atoms with Gasteiger partial charge in [0, 0.05) is 18.4 Å². The zero-order chi connectivity index (χ0) is 9.30. The highest BCUT2D eigenvalue weighted by molar-refractivity contribution is 5.83. The molecular weight excluding hydrogens is 148 g/mol. The summed E-state index contributed by atoms with van der Waals surface area (Å²) < 4.78 is 0. The first-order chi connectivity index (χ1) is 5.52. The van der Waals surface area contributed by atoms with Gasteiger partial charge < -0.3 is 4.90 Å². The lowest BCUT2D eigenvalue weighted by atomic mass is 10.1. The summed E-state index contributed by atoms with van der Waals surface area (Å²) in [7, 11) is 1.98. The van der Waals surface area contributed by atoms with Gasteiger partial charge >= 0.3 is 0 Å². The van der Waals surface area contributed by atoms with Crippen molar-refractivity contribution in [1.82, 2.24) is 4.90 Å². The fourth-order valence-electron chi connectivity index (χ4n) is 1.07. The Morgan fingerprint density at radius 1 is 1.50 bits per heavy atom. The molecule has 0 amide bonds. The Hall–Kier alpha value is -1.05. The molecule has 0 aliphatic carbocycles. The van der Waals surface area contributed by atoms with Crippen LogP contribution in [0, 0.1) is 5.92 Å². The van der Waals surface area contributed by atoms with E-state index in [0.717, 1.165) is 17.2 Å². The van der Waals surface area contributed by atoms with Crippen molar-refractivity contribution in [2.75, 3.05) is 7.05 Å². The smallest absolute Gasteiger partial charge is 0.105 e. The summed E-state index contributed by atoms with van der Waals surface area (Å²) in [5, 5.41) is 0. The number of allylic oxidation sites excluding steroid dienone is 2. The Bertz CT molecular complexity index is 259. The number of aliphatic imine (C=N–C) groups is 1. The molecule has 0 aromatic heterocycles. The second-order valence-corrected chi connectivity index (χ2v) is 3.43. The second kappa shape index (κ2) is 3.13. The maximum absolute atomic E-state index is 4.46. The van der Waals surface area contributed by atoms with E-state index in [0.29, 0.717) is 5.92 Å². The third kappa shape index (κ3) is 1.58. The van der Waals surface area contributed by atoms with Crippen LogP contribution in [-0.4, -0.2) is 17.8 Å². The van der Waals surface area contributed by atoms with Gasteiger partial charge in [0.25, 0.3) is 0 Å². The molecule has 0 unspecified atom stereocenters. The molecule has 2 heteroatoms. The summed E-state index contributed by atoms with van der Waals surface area (Å²) >= 11 is 0. The minimum atomic E-state index is 0.477. The van der Waals surface area contributed by atoms with Crippen molar-refractivity contribution in [1.29, 1.82) is 0 Å². The van der Waals surface area contributed by atoms with E-state index in [9.17, 15) is 0 Å². The number of likely N-dealkylation sites (N-methyl/N-ethyl adjacent to an activating group) is 1. The zero-order valence-corrected chi connectivity index (χ0v) is 8.26. The number of hydrogen-bond acceptors (Lipinski definition) is 2. The van der Waals surface area contributed by atoms with Gasteiger partial charge in [-0.3, -0.25) is 0 Å². The number of amidine groups is 1. The Kier molecular flexibility index (Phi) is 2.36. The van der Waals surface area contributed by atoms with Crippen molar-refractivity contribution < 1.29 is 0 Å². The van der Waals surface area contributed by atoms with Crippen LogP contribution in [0.5, 0.6) is 0 Å². The van der Waals surface area contributed by atoms with Crippen molar-refractivity contribution in [2.45, 2.75) is 20.8 Å². The van der Waals surface area contributed by atoms with E-state index in [-0.39, 0.29) is 0 Å². The van der Waals surface area contributed by atoms with Crippen LogP contribution in [0.15, 0.2) is 29.0 Å². The summed E-state index contributed by atoms with van der Waals surface area (Å²) in [6, 6.07) is 0. The first-order valence-corrected chi connectivity index (χ1v) is 4.22. The Labute approximate surface area is 74.3 Å². The van der Waals surface area contributed by atoms with Crippen molar-refractivity contribution >= 4 is 5.84 Å². The monoisotopic (exact) mass is 164 g/mol. The first-order valence-electron chi connectivity index (χ1n) is 4.22. The average molecular weight is 164 g/mol. The summed E-state index contributed by atoms with van der Waals surface area (Å²) in [5.41, 5.74) is 2.14. The molecule has 0 aromatic carbocycles. The predicted molar refractivity (Wildman–Crippen MR) is 52.9 cm³/mol. The lowest BCUT2D eigenvalue weighted by Gasteiger charge is -2.25. The van der Waals surface area contributed by atoms with Gasteiger partial charge in [0.15, 0.2) is 0 Å². The molecule has 0 N–H and O–H groups in total. The van der Waals surface area contributed by atoms with Crippen molar-refractivity contribution in [3.05, 3.63) is 24.0 Å². The molecule has 0 aromatic rings. The molecule has 0 atom stereocenters. The van der Waals surface area contributed by atoms with E-state index in [2.05, 4.69) is 25.4 Å². The van der Waals surface area contributed by atoms with E-state index < -0.39 is 0 Å². The largest absolute Gasteiger partial charge is 0.334 e. The standard InChI is InChI=1S/C10H16N2/c1-7(2)10-6-8(3)12(5)9(4)11-10/h6-7H,3H2,1-2,4-5H3. The predicted octanol–water partition coefficient (Wildman–Crippen LogP) is 2.40. The van der Waals surface area contributed by atoms with E-state index in [1.54, 1.807) is 0 Å². The normalized spacial score (nSPS) is 18.1. The molecule has 1 aliphatic rings. The molecule has 0 fully saturated rings. The second-order valence-electron chi connectivity index (χ2n) is 3.43.